The van der Waals surface area contributed by atoms with E-state index in [1.165, 1.54) is 18.5 Å². The molecule has 1 aromatic carbocycles. The Kier molecular flexibility index (Phi) is 3.42. The molecule has 1 saturated heterocycles. The summed E-state index contributed by atoms with van der Waals surface area (Å²) in [5.74, 6) is 0. The minimum Gasteiger partial charge on any atom is -0.384 e. The van der Waals surface area contributed by atoms with E-state index in [9.17, 15) is 5.26 Å². The van der Waals surface area contributed by atoms with Crippen LogP contribution in [0.5, 0.6) is 0 Å². The second-order valence-electron chi connectivity index (χ2n) is 5.08. The van der Waals surface area contributed by atoms with E-state index in [0.29, 0.717) is 5.56 Å². The van der Waals surface area contributed by atoms with Crippen molar-refractivity contribution < 1.29 is 0 Å². The lowest BCUT2D eigenvalue weighted by molar-refractivity contribution is 0.949. The lowest BCUT2D eigenvalue weighted by Gasteiger charge is -2.19. The van der Waals surface area contributed by atoms with Crippen molar-refractivity contribution in [2.24, 2.45) is 0 Å². The maximum absolute atomic E-state index is 9.24. The number of hydrogen-bond acceptors (Lipinski definition) is 4. The second kappa shape index (κ2) is 5.38. The first kappa shape index (κ1) is 12.7. The van der Waals surface area contributed by atoms with Crippen LogP contribution in [0.15, 0.2) is 24.4 Å². The van der Waals surface area contributed by atoms with Crippen molar-refractivity contribution in [1.82, 2.24) is 4.98 Å². The molecule has 2 aromatic rings. The van der Waals surface area contributed by atoms with Gasteiger partial charge in [0.05, 0.1) is 16.8 Å². The van der Waals surface area contributed by atoms with Gasteiger partial charge in [0.15, 0.2) is 0 Å². The highest BCUT2D eigenvalue weighted by molar-refractivity contribution is 5.96. The zero-order valence-corrected chi connectivity index (χ0v) is 11.7. The highest BCUT2D eigenvalue weighted by Gasteiger charge is 2.14. The average molecular weight is 266 g/mol. The van der Waals surface area contributed by atoms with Gasteiger partial charge in [-0.3, -0.25) is 4.98 Å². The molecule has 20 heavy (non-hydrogen) atoms. The largest absolute Gasteiger partial charge is 0.384 e. The van der Waals surface area contributed by atoms with Crippen LogP contribution in [-0.2, 0) is 0 Å². The Morgan fingerprint density at radius 1 is 1.35 bits per heavy atom. The molecule has 1 aromatic heterocycles. The number of nitrogens with zero attached hydrogens (tertiary/aromatic N) is 3. The molecule has 1 aliphatic heterocycles. The van der Waals surface area contributed by atoms with Gasteiger partial charge in [0.25, 0.3) is 0 Å². The van der Waals surface area contributed by atoms with Crippen molar-refractivity contribution >= 4 is 22.3 Å². The van der Waals surface area contributed by atoms with Gasteiger partial charge in [0, 0.05) is 36.9 Å². The van der Waals surface area contributed by atoms with E-state index in [1.807, 2.05) is 13.0 Å². The summed E-state index contributed by atoms with van der Waals surface area (Å²) >= 11 is 0. The molecule has 3 rings (SSSR count). The Bertz CT molecular complexity index is 666. The summed E-state index contributed by atoms with van der Waals surface area (Å²) in [7, 11) is 0. The third kappa shape index (κ3) is 2.16. The van der Waals surface area contributed by atoms with Gasteiger partial charge in [-0.05, 0) is 38.0 Å². The van der Waals surface area contributed by atoms with Crippen LogP contribution in [0.4, 0.5) is 11.4 Å². The summed E-state index contributed by atoms with van der Waals surface area (Å²) in [6.45, 7) is 5.07. The molecule has 4 nitrogen and oxygen atoms in total. The zero-order chi connectivity index (χ0) is 13.9. The minimum atomic E-state index is 0.609. The number of anilines is 2. The first-order valence-electron chi connectivity index (χ1n) is 7.15. The standard InChI is InChI=1S/C16H18N4/c1-2-18-16-12(10-17)11-19-15-6-5-13(9-14(15)16)20-7-3-4-8-20/h5-6,9,11H,2-4,7-8H2,1H3,(H,18,19). The lowest BCUT2D eigenvalue weighted by atomic mass is 10.1. The SMILES string of the molecule is CCNc1c(C#N)cnc2ccc(N3CCCC3)cc12. The predicted octanol–water partition coefficient (Wildman–Crippen LogP) is 3.14. The minimum absolute atomic E-state index is 0.609. The summed E-state index contributed by atoms with van der Waals surface area (Å²) in [5, 5.41) is 13.6. The number of fused-ring (bicyclic) bond motifs is 1. The van der Waals surface area contributed by atoms with Gasteiger partial charge in [0.2, 0.25) is 0 Å². The summed E-state index contributed by atoms with van der Waals surface area (Å²) < 4.78 is 0. The third-order valence-corrected chi connectivity index (χ3v) is 3.80. The molecule has 0 amide bonds. The van der Waals surface area contributed by atoms with Crippen molar-refractivity contribution in [3.05, 3.63) is 30.0 Å². The van der Waals surface area contributed by atoms with Gasteiger partial charge >= 0.3 is 0 Å². The van der Waals surface area contributed by atoms with E-state index in [1.54, 1.807) is 6.20 Å². The van der Waals surface area contributed by atoms with Crippen molar-refractivity contribution in [2.75, 3.05) is 29.9 Å². The van der Waals surface area contributed by atoms with E-state index in [4.69, 9.17) is 0 Å². The Morgan fingerprint density at radius 2 is 2.15 bits per heavy atom. The fourth-order valence-corrected chi connectivity index (χ4v) is 2.80. The quantitative estimate of drug-likeness (QED) is 0.927. The molecule has 1 N–H and O–H groups in total. The number of rotatable bonds is 3. The molecular formula is C16H18N4. The van der Waals surface area contributed by atoms with Crippen molar-refractivity contribution in [3.8, 4) is 6.07 Å². The average Bonchev–Trinajstić information content (AvgIpc) is 3.01. The smallest absolute Gasteiger partial charge is 0.103 e. The highest BCUT2D eigenvalue weighted by atomic mass is 15.1. The fourth-order valence-electron chi connectivity index (χ4n) is 2.80. The van der Waals surface area contributed by atoms with Gasteiger partial charge < -0.3 is 10.2 Å². The molecule has 2 heterocycles. The van der Waals surface area contributed by atoms with Crippen molar-refractivity contribution in [3.63, 3.8) is 0 Å². The molecule has 0 bridgehead atoms. The van der Waals surface area contributed by atoms with E-state index < -0.39 is 0 Å². The zero-order valence-electron chi connectivity index (χ0n) is 11.7. The van der Waals surface area contributed by atoms with E-state index >= 15 is 0 Å². The normalized spacial score (nSPS) is 14.5. The molecule has 1 fully saturated rings. The number of nitriles is 1. The number of pyridine rings is 1. The first-order chi connectivity index (χ1) is 9.83. The Morgan fingerprint density at radius 3 is 2.85 bits per heavy atom. The molecule has 0 unspecified atom stereocenters. The van der Waals surface area contributed by atoms with Crippen LogP contribution in [0, 0.1) is 11.3 Å². The van der Waals surface area contributed by atoms with Gasteiger partial charge in [-0.2, -0.15) is 5.26 Å². The Hall–Kier alpha value is -2.28. The topological polar surface area (TPSA) is 52.0 Å². The van der Waals surface area contributed by atoms with Crippen LogP contribution in [0.1, 0.15) is 25.3 Å². The monoisotopic (exact) mass is 266 g/mol. The number of aromatic nitrogens is 1. The van der Waals surface area contributed by atoms with Crippen LogP contribution in [0.3, 0.4) is 0 Å². The summed E-state index contributed by atoms with van der Waals surface area (Å²) in [6.07, 6.45) is 4.17. The van der Waals surface area contributed by atoms with Crippen LogP contribution < -0.4 is 10.2 Å². The van der Waals surface area contributed by atoms with Gasteiger partial charge in [0.1, 0.15) is 6.07 Å². The molecule has 1 aliphatic rings. The lowest BCUT2D eigenvalue weighted by Crippen LogP contribution is -2.17. The maximum atomic E-state index is 9.24. The third-order valence-electron chi connectivity index (χ3n) is 3.80. The number of hydrogen-bond donors (Lipinski definition) is 1. The highest BCUT2D eigenvalue weighted by Crippen LogP contribution is 2.30. The van der Waals surface area contributed by atoms with Crippen molar-refractivity contribution in [1.29, 1.82) is 5.26 Å². The van der Waals surface area contributed by atoms with E-state index in [0.717, 1.165) is 36.2 Å². The van der Waals surface area contributed by atoms with Gasteiger partial charge in [-0.15, -0.1) is 0 Å². The predicted molar refractivity (Wildman–Crippen MR) is 82.1 cm³/mol. The molecular weight excluding hydrogens is 248 g/mol. The molecule has 0 spiro atoms. The van der Waals surface area contributed by atoms with E-state index in [-0.39, 0.29) is 0 Å². The molecule has 0 saturated carbocycles. The first-order valence-corrected chi connectivity index (χ1v) is 7.15. The summed E-state index contributed by atoms with van der Waals surface area (Å²) in [4.78, 5) is 6.78. The van der Waals surface area contributed by atoms with Crippen LogP contribution in [-0.4, -0.2) is 24.6 Å². The van der Waals surface area contributed by atoms with Gasteiger partial charge in [-0.1, -0.05) is 0 Å². The molecule has 0 radical (unpaired) electrons. The summed E-state index contributed by atoms with van der Waals surface area (Å²) in [6, 6.07) is 8.56. The molecule has 0 aliphatic carbocycles. The van der Waals surface area contributed by atoms with E-state index in [2.05, 4.69) is 33.4 Å². The summed E-state index contributed by atoms with van der Waals surface area (Å²) in [5.41, 5.74) is 3.67. The van der Waals surface area contributed by atoms with Gasteiger partial charge in [-0.25, -0.2) is 0 Å². The Labute approximate surface area is 119 Å². The molecule has 0 atom stereocenters. The number of nitrogens with one attached hydrogen (secondary N) is 1. The van der Waals surface area contributed by atoms with Crippen LogP contribution in [0.2, 0.25) is 0 Å². The Balaban J connectivity index is 2.14. The number of benzene rings is 1. The maximum Gasteiger partial charge on any atom is 0.103 e. The van der Waals surface area contributed by atoms with Crippen molar-refractivity contribution in [2.45, 2.75) is 19.8 Å². The van der Waals surface area contributed by atoms with Crippen LogP contribution in [0.25, 0.3) is 10.9 Å². The molecule has 4 heteroatoms. The fraction of sp³-hybridized carbons (Fsp3) is 0.375. The second-order valence-corrected chi connectivity index (χ2v) is 5.08. The molecule has 102 valence electrons. The van der Waals surface area contributed by atoms with Crippen LogP contribution >= 0.6 is 0 Å².